The molecule has 5 rings (SSSR count). The van der Waals surface area contributed by atoms with Crippen molar-refractivity contribution < 1.29 is 22.8 Å². The second-order valence-electron chi connectivity index (χ2n) is 9.43. The van der Waals surface area contributed by atoms with Crippen molar-refractivity contribution in [1.82, 2.24) is 9.88 Å². The summed E-state index contributed by atoms with van der Waals surface area (Å²) >= 11 is 0. The van der Waals surface area contributed by atoms with E-state index >= 15 is 0 Å². The molecular formula is C26H26F3N3O2. The highest BCUT2D eigenvalue weighted by atomic mass is 19.4. The fraction of sp³-hybridized carbons (Fsp3) is 0.423. The van der Waals surface area contributed by atoms with Crippen molar-refractivity contribution in [2.75, 3.05) is 31.1 Å². The molecule has 2 aromatic rings. The van der Waals surface area contributed by atoms with E-state index in [4.69, 9.17) is 0 Å². The number of benzene rings is 1. The monoisotopic (exact) mass is 469 g/mol. The number of Topliss-reactive ketones (excluding diaryl/α,β-unsaturated/α-hetero) is 1. The first kappa shape index (κ1) is 22.6. The number of amides is 1. The molecule has 1 amide bonds. The summed E-state index contributed by atoms with van der Waals surface area (Å²) in [7, 11) is 0. The van der Waals surface area contributed by atoms with E-state index in [0.29, 0.717) is 38.2 Å². The minimum atomic E-state index is -4.57. The zero-order valence-corrected chi connectivity index (χ0v) is 18.8. The molecule has 0 saturated heterocycles. The standard InChI is InChI=1S/C26H26F3N3O2/c27-26(28,29)22-6-2-1-5-21(22)25(34)32-15-19-13-31(14-20(19)16-32)24-11-10-18(12-30-24)23(33)7-3-4-17-8-9-17/h1-2,5-6,10-12,17H,3-4,7-9,13-16H2. The summed E-state index contributed by atoms with van der Waals surface area (Å²) in [6, 6.07) is 8.58. The van der Waals surface area contributed by atoms with Gasteiger partial charge in [0.25, 0.3) is 5.91 Å². The lowest BCUT2D eigenvalue weighted by molar-refractivity contribution is -0.138. The normalized spacial score (nSPS) is 18.0. The molecule has 8 heteroatoms. The first-order valence-electron chi connectivity index (χ1n) is 11.7. The molecular weight excluding hydrogens is 443 g/mol. The van der Waals surface area contributed by atoms with Gasteiger partial charge in [-0.25, -0.2) is 4.98 Å². The number of hydrogen-bond donors (Lipinski definition) is 0. The van der Waals surface area contributed by atoms with Gasteiger partial charge in [-0.1, -0.05) is 31.4 Å². The average Bonchev–Trinajstić information content (AvgIpc) is 3.43. The summed E-state index contributed by atoms with van der Waals surface area (Å²) in [4.78, 5) is 33.2. The lowest BCUT2D eigenvalue weighted by Crippen LogP contribution is -2.35. The molecule has 0 atom stereocenters. The van der Waals surface area contributed by atoms with Crippen LogP contribution in [0.1, 0.15) is 58.4 Å². The lowest BCUT2D eigenvalue weighted by Gasteiger charge is -2.24. The molecule has 1 aliphatic carbocycles. The van der Waals surface area contributed by atoms with Crippen LogP contribution >= 0.6 is 0 Å². The third-order valence-electron chi connectivity index (χ3n) is 6.88. The number of hydrogen-bond acceptors (Lipinski definition) is 4. The number of nitrogens with zero attached hydrogens (tertiary/aromatic N) is 3. The van der Waals surface area contributed by atoms with Crippen LogP contribution in [0.2, 0.25) is 0 Å². The fourth-order valence-corrected chi connectivity index (χ4v) is 4.81. The van der Waals surface area contributed by atoms with Gasteiger partial charge in [0, 0.05) is 44.4 Å². The van der Waals surface area contributed by atoms with Crippen LogP contribution < -0.4 is 4.90 Å². The Bertz CT molecular complexity index is 1120. The highest BCUT2D eigenvalue weighted by Crippen LogP contribution is 2.35. The van der Waals surface area contributed by atoms with Crippen molar-refractivity contribution in [2.45, 2.75) is 38.3 Å². The Hall–Kier alpha value is -3.16. The summed E-state index contributed by atoms with van der Waals surface area (Å²) in [5.41, 5.74) is 1.49. The molecule has 0 radical (unpaired) electrons. The van der Waals surface area contributed by atoms with Crippen LogP contribution in [-0.4, -0.2) is 47.8 Å². The number of rotatable bonds is 7. The molecule has 2 aliphatic heterocycles. The van der Waals surface area contributed by atoms with Gasteiger partial charge in [-0.15, -0.1) is 0 Å². The molecule has 1 saturated carbocycles. The third-order valence-corrected chi connectivity index (χ3v) is 6.88. The van der Waals surface area contributed by atoms with Gasteiger partial charge in [0.05, 0.1) is 11.1 Å². The van der Waals surface area contributed by atoms with Crippen LogP contribution in [-0.2, 0) is 6.18 Å². The Balaban J connectivity index is 1.17. The lowest BCUT2D eigenvalue weighted by atomic mass is 10.1. The van der Waals surface area contributed by atoms with Gasteiger partial charge in [0.1, 0.15) is 5.82 Å². The predicted octanol–water partition coefficient (Wildman–Crippen LogP) is 5.14. The Morgan fingerprint density at radius 2 is 1.68 bits per heavy atom. The topological polar surface area (TPSA) is 53.5 Å². The van der Waals surface area contributed by atoms with E-state index in [2.05, 4.69) is 9.88 Å². The number of halogens is 3. The minimum absolute atomic E-state index is 0.120. The number of pyridine rings is 1. The molecule has 3 aliphatic rings. The van der Waals surface area contributed by atoms with Crippen molar-refractivity contribution in [2.24, 2.45) is 5.92 Å². The van der Waals surface area contributed by atoms with Crippen LogP contribution in [0, 0.1) is 5.92 Å². The summed E-state index contributed by atoms with van der Waals surface area (Å²) in [6.45, 7) is 1.77. The van der Waals surface area contributed by atoms with Crippen LogP contribution in [0.5, 0.6) is 0 Å². The van der Waals surface area contributed by atoms with E-state index in [9.17, 15) is 22.8 Å². The maximum Gasteiger partial charge on any atom is 0.417 e. The molecule has 34 heavy (non-hydrogen) atoms. The number of alkyl halides is 3. The number of aromatic nitrogens is 1. The third kappa shape index (κ3) is 4.72. The van der Waals surface area contributed by atoms with Crippen molar-refractivity contribution in [3.8, 4) is 0 Å². The van der Waals surface area contributed by atoms with E-state index in [-0.39, 0.29) is 11.3 Å². The maximum atomic E-state index is 13.3. The summed E-state index contributed by atoms with van der Waals surface area (Å²) in [5, 5.41) is 0. The summed E-state index contributed by atoms with van der Waals surface area (Å²) < 4.78 is 40.0. The van der Waals surface area contributed by atoms with Gasteiger partial charge in [-0.3, -0.25) is 9.59 Å². The SMILES string of the molecule is O=C(CCCC1CC1)c1ccc(N2CC3=C(CN(C(=O)c4ccccc4C(F)(F)F)C3)C2)nc1. The zero-order valence-electron chi connectivity index (χ0n) is 18.8. The molecule has 0 bridgehead atoms. The first-order chi connectivity index (χ1) is 16.3. The molecule has 0 N–H and O–H groups in total. The van der Waals surface area contributed by atoms with Crippen molar-refractivity contribution in [1.29, 1.82) is 0 Å². The molecule has 178 valence electrons. The number of carbonyl (C=O) groups is 2. The van der Waals surface area contributed by atoms with Crippen molar-refractivity contribution >= 4 is 17.5 Å². The molecule has 5 nitrogen and oxygen atoms in total. The van der Waals surface area contributed by atoms with Crippen LogP contribution in [0.25, 0.3) is 0 Å². The fourth-order valence-electron chi connectivity index (χ4n) is 4.81. The Labute approximate surface area is 196 Å². The highest BCUT2D eigenvalue weighted by molar-refractivity contribution is 5.97. The van der Waals surface area contributed by atoms with E-state index in [1.54, 1.807) is 6.20 Å². The van der Waals surface area contributed by atoms with Gasteiger partial charge in [0.15, 0.2) is 5.78 Å². The zero-order chi connectivity index (χ0) is 23.9. The molecule has 1 fully saturated rings. The van der Waals surface area contributed by atoms with Gasteiger partial charge in [0.2, 0.25) is 0 Å². The molecule has 0 unspecified atom stereocenters. The van der Waals surface area contributed by atoms with Crippen molar-refractivity contribution in [3.63, 3.8) is 0 Å². The molecule has 0 spiro atoms. The molecule has 1 aromatic carbocycles. The van der Waals surface area contributed by atoms with Crippen LogP contribution in [0.15, 0.2) is 53.7 Å². The Kier molecular flexibility index (Phi) is 5.91. The Morgan fingerprint density at radius 3 is 2.29 bits per heavy atom. The number of ketones is 1. The quantitative estimate of drug-likeness (QED) is 0.417. The van der Waals surface area contributed by atoms with Gasteiger partial charge >= 0.3 is 6.18 Å². The van der Waals surface area contributed by atoms with Gasteiger partial charge in [-0.05, 0) is 47.8 Å². The second-order valence-corrected chi connectivity index (χ2v) is 9.43. The molecule has 3 heterocycles. The first-order valence-corrected chi connectivity index (χ1v) is 11.7. The van der Waals surface area contributed by atoms with E-state index < -0.39 is 17.6 Å². The maximum absolute atomic E-state index is 13.3. The van der Waals surface area contributed by atoms with Crippen LogP contribution in [0.4, 0.5) is 19.0 Å². The highest BCUT2D eigenvalue weighted by Gasteiger charge is 2.38. The molecule has 1 aromatic heterocycles. The van der Waals surface area contributed by atoms with E-state index in [0.717, 1.165) is 41.8 Å². The predicted molar refractivity (Wildman–Crippen MR) is 122 cm³/mol. The minimum Gasteiger partial charge on any atom is -0.348 e. The van der Waals surface area contributed by atoms with Crippen molar-refractivity contribution in [3.05, 3.63) is 70.4 Å². The second kappa shape index (κ2) is 8.89. The largest absolute Gasteiger partial charge is 0.417 e. The number of carbonyl (C=O) groups excluding carboxylic acids is 2. The average molecular weight is 470 g/mol. The van der Waals surface area contributed by atoms with Crippen LogP contribution in [0.3, 0.4) is 0 Å². The van der Waals surface area contributed by atoms with Gasteiger partial charge < -0.3 is 9.80 Å². The van der Waals surface area contributed by atoms with E-state index in [1.165, 1.54) is 35.9 Å². The summed E-state index contributed by atoms with van der Waals surface area (Å²) in [5.74, 6) is 1.10. The smallest absolute Gasteiger partial charge is 0.348 e. The van der Waals surface area contributed by atoms with E-state index in [1.807, 2.05) is 12.1 Å². The summed E-state index contributed by atoms with van der Waals surface area (Å²) in [6.07, 6.45) is 2.26. The number of anilines is 1. The van der Waals surface area contributed by atoms with Gasteiger partial charge in [-0.2, -0.15) is 13.2 Å². The Morgan fingerprint density at radius 1 is 0.971 bits per heavy atom.